The molecule has 146 valence electrons. The Morgan fingerprint density at radius 1 is 1.18 bits per heavy atom. The number of rotatable bonds is 8. The molecule has 2 aromatic carbocycles. The Hall–Kier alpha value is -3.08. The maximum absolute atomic E-state index is 12.4. The summed E-state index contributed by atoms with van der Waals surface area (Å²) < 4.78 is 11.2. The molecule has 0 atom stereocenters. The Labute approximate surface area is 165 Å². The zero-order chi connectivity index (χ0) is 19.9. The van der Waals surface area contributed by atoms with Gasteiger partial charge in [-0.3, -0.25) is 4.79 Å². The van der Waals surface area contributed by atoms with Crippen LogP contribution in [0.15, 0.2) is 59.2 Å². The van der Waals surface area contributed by atoms with E-state index in [1.807, 2.05) is 43.3 Å². The normalized spacial score (nSPS) is 10.9. The molecular weight excluding hydrogens is 352 g/mol. The second-order valence-corrected chi connectivity index (χ2v) is 7.25. The van der Waals surface area contributed by atoms with Crippen molar-refractivity contribution in [2.45, 2.75) is 27.2 Å². The Morgan fingerprint density at radius 2 is 1.96 bits per heavy atom. The topological polar surface area (TPSA) is 64.4 Å². The van der Waals surface area contributed by atoms with Crippen molar-refractivity contribution in [1.82, 2.24) is 10.3 Å². The first-order valence-electron chi connectivity index (χ1n) is 9.54. The van der Waals surface area contributed by atoms with E-state index in [1.165, 1.54) is 5.56 Å². The van der Waals surface area contributed by atoms with Gasteiger partial charge in [0.15, 0.2) is 0 Å². The van der Waals surface area contributed by atoms with Gasteiger partial charge in [-0.05, 0) is 43.2 Å². The van der Waals surface area contributed by atoms with Gasteiger partial charge < -0.3 is 14.5 Å². The second-order valence-electron chi connectivity index (χ2n) is 7.25. The minimum atomic E-state index is -0.128. The second kappa shape index (κ2) is 9.22. The van der Waals surface area contributed by atoms with Gasteiger partial charge in [-0.25, -0.2) is 4.98 Å². The fourth-order valence-corrected chi connectivity index (χ4v) is 2.65. The molecule has 1 heterocycles. The van der Waals surface area contributed by atoms with Crippen molar-refractivity contribution >= 4 is 5.91 Å². The van der Waals surface area contributed by atoms with Crippen LogP contribution < -0.4 is 10.1 Å². The highest BCUT2D eigenvalue weighted by Crippen LogP contribution is 2.19. The largest absolute Gasteiger partial charge is 0.493 e. The van der Waals surface area contributed by atoms with Crippen LogP contribution in [0.3, 0.4) is 0 Å². The molecule has 0 fully saturated rings. The van der Waals surface area contributed by atoms with Crippen molar-refractivity contribution in [3.05, 3.63) is 71.6 Å². The Balaban J connectivity index is 1.52. The van der Waals surface area contributed by atoms with Gasteiger partial charge in [-0.1, -0.05) is 37.6 Å². The molecule has 0 aliphatic heterocycles. The van der Waals surface area contributed by atoms with Gasteiger partial charge in [-0.2, -0.15) is 0 Å². The summed E-state index contributed by atoms with van der Waals surface area (Å²) in [5.41, 5.74) is 3.53. The van der Waals surface area contributed by atoms with Gasteiger partial charge in [-0.15, -0.1) is 0 Å². The van der Waals surface area contributed by atoms with Gasteiger partial charge in [0.05, 0.1) is 12.3 Å². The minimum Gasteiger partial charge on any atom is -0.493 e. The van der Waals surface area contributed by atoms with E-state index in [2.05, 4.69) is 24.1 Å². The zero-order valence-electron chi connectivity index (χ0n) is 16.6. The first-order chi connectivity index (χ1) is 13.5. The van der Waals surface area contributed by atoms with Crippen molar-refractivity contribution in [2.24, 2.45) is 5.92 Å². The number of aryl methyl sites for hydroxylation is 1. The zero-order valence-corrected chi connectivity index (χ0v) is 16.6. The van der Waals surface area contributed by atoms with Gasteiger partial charge in [0, 0.05) is 24.1 Å². The summed E-state index contributed by atoms with van der Waals surface area (Å²) in [6, 6.07) is 15.3. The molecule has 0 radical (unpaired) electrons. The molecule has 5 heteroatoms. The Morgan fingerprint density at radius 3 is 2.71 bits per heavy atom. The first-order valence-corrected chi connectivity index (χ1v) is 9.54. The maximum atomic E-state index is 12.4. The van der Waals surface area contributed by atoms with E-state index in [0.29, 0.717) is 42.7 Å². The first kappa shape index (κ1) is 19.7. The van der Waals surface area contributed by atoms with Crippen molar-refractivity contribution in [3.8, 4) is 17.2 Å². The quantitative estimate of drug-likeness (QED) is 0.619. The van der Waals surface area contributed by atoms with Crippen LogP contribution in [0.1, 0.15) is 35.5 Å². The van der Waals surface area contributed by atoms with Crippen LogP contribution in [0.4, 0.5) is 0 Å². The third-order valence-corrected chi connectivity index (χ3v) is 4.20. The fraction of sp³-hybridized carbons (Fsp3) is 0.304. The number of carbonyl (C=O) groups is 1. The Kier molecular flexibility index (Phi) is 6.48. The van der Waals surface area contributed by atoms with Crippen LogP contribution in [0.2, 0.25) is 0 Å². The smallest absolute Gasteiger partial charge is 0.251 e. The van der Waals surface area contributed by atoms with Gasteiger partial charge >= 0.3 is 0 Å². The van der Waals surface area contributed by atoms with Crippen LogP contribution in [-0.4, -0.2) is 24.0 Å². The number of carbonyl (C=O) groups excluding carboxylic acids is 1. The summed E-state index contributed by atoms with van der Waals surface area (Å²) >= 11 is 0. The highest BCUT2D eigenvalue weighted by Gasteiger charge is 2.09. The lowest BCUT2D eigenvalue weighted by atomic mass is 10.1. The predicted molar refractivity (Wildman–Crippen MR) is 109 cm³/mol. The Bertz CT molecular complexity index is 914. The number of oxazole rings is 1. The van der Waals surface area contributed by atoms with Crippen LogP contribution in [0.25, 0.3) is 11.5 Å². The van der Waals surface area contributed by atoms with Crippen molar-refractivity contribution < 1.29 is 13.9 Å². The number of amides is 1. The monoisotopic (exact) mass is 378 g/mol. The summed E-state index contributed by atoms with van der Waals surface area (Å²) in [5, 5.41) is 2.92. The third-order valence-electron chi connectivity index (χ3n) is 4.20. The molecule has 3 rings (SSSR count). The third kappa shape index (κ3) is 5.46. The molecular formula is C23H26N2O3. The number of aromatic nitrogens is 1. The van der Waals surface area contributed by atoms with E-state index in [0.717, 1.165) is 11.3 Å². The molecule has 0 aliphatic carbocycles. The summed E-state index contributed by atoms with van der Waals surface area (Å²) in [4.78, 5) is 16.9. The molecule has 5 nitrogen and oxygen atoms in total. The van der Waals surface area contributed by atoms with E-state index in [1.54, 1.807) is 18.4 Å². The van der Waals surface area contributed by atoms with E-state index in [-0.39, 0.29) is 5.91 Å². The van der Waals surface area contributed by atoms with Crippen molar-refractivity contribution in [3.63, 3.8) is 0 Å². The van der Waals surface area contributed by atoms with Gasteiger partial charge in [0.25, 0.3) is 5.91 Å². The van der Waals surface area contributed by atoms with Crippen LogP contribution in [0.5, 0.6) is 5.75 Å². The number of hydrogen-bond acceptors (Lipinski definition) is 4. The predicted octanol–water partition coefficient (Wildman–Crippen LogP) is 4.66. The molecule has 28 heavy (non-hydrogen) atoms. The molecule has 0 unspecified atom stereocenters. The molecule has 1 N–H and O–H groups in total. The minimum absolute atomic E-state index is 0.128. The number of ether oxygens (including phenoxy) is 1. The highest BCUT2D eigenvalue weighted by molar-refractivity contribution is 5.94. The molecule has 0 aliphatic rings. The average molecular weight is 378 g/mol. The van der Waals surface area contributed by atoms with Crippen molar-refractivity contribution in [2.75, 3.05) is 13.2 Å². The van der Waals surface area contributed by atoms with Crippen molar-refractivity contribution in [1.29, 1.82) is 0 Å². The molecule has 3 aromatic rings. The standard InChI is InChI=1S/C23H26N2O3/c1-16(2)14-27-21-6-4-5-19(13-21)22(26)24-12-11-20-15-28-23(25-20)18-9-7-17(3)8-10-18/h4-10,13,15-16H,11-12,14H2,1-3H3,(H,24,26). The summed E-state index contributed by atoms with van der Waals surface area (Å²) in [6.07, 6.45) is 2.24. The lowest BCUT2D eigenvalue weighted by Gasteiger charge is -2.10. The molecule has 0 bridgehead atoms. The van der Waals surface area contributed by atoms with E-state index in [9.17, 15) is 4.79 Å². The van der Waals surface area contributed by atoms with E-state index < -0.39 is 0 Å². The summed E-state index contributed by atoms with van der Waals surface area (Å²) in [6.45, 7) is 7.32. The van der Waals surface area contributed by atoms with Crippen LogP contribution in [-0.2, 0) is 6.42 Å². The molecule has 0 saturated heterocycles. The van der Waals surface area contributed by atoms with Gasteiger partial charge in [0.1, 0.15) is 12.0 Å². The molecule has 1 amide bonds. The fourth-order valence-electron chi connectivity index (χ4n) is 2.65. The number of nitrogens with one attached hydrogen (secondary N) is 1. The number of nitrogens with zero attached hydrogens (tertiary/aromatic N) is 1. The molecule has 0 saturated carbocycles. The average Bonchev–Trinajstić information content (AvgIpc) is 3.16. The highest BCUT2D eigenvalue weighted by atomic mass is 16.5. The maximum Gasteiger partial charge on any atom is 0.251 e. The SMILES string of the molecule is Cc1ccc(-c2nc(CCNC(=O)c3cccc(OCC(C)C)c3)co2)cc1. The lowest BCUT2D eigenvalue weighted by molar-refractivity contribution is 0.0953. The lowest BCUT2D eigenvalue weighted by Crippen LogP contribution is -2.25. The van der Waals surface area contributed by atoms with E-state index >= 15 is 0 Å². The van der Waals surface area contributed by atoms with Crippen LogP contribution in [0, 0.1) is 12.8 Å². The molecule has 0 spiro atoms. The summed E-state index contributed by atoms with van der Waals surface area (Å²) in [5.74, 6) is 1.61. The number of hydrogen-bond donors (Lipinski definition) is 1. The van der Waals surface area contributed by atoms with Crippen LogP contribution >= 0.6 is 0 Å². The van der Waals surface area contributed by atoms with Gasteiger partial charge in [0.2, 0.25) is 5.89 Å². The van der Waals surface area contributed by atoms with E-state index in [4.69, 9.17) is 9.15 Å². The summed E-state index contributed by atoms with van der Waals surface area (Å²) in [7, 11) is 0. The number of benzene rings is 2. The molecule has 1 aromatic heterocycles.